The standard InChI is InChI=1S/C13H22BrNS/c1-3-5-6-10(4-2)12(15)9-11-7-8-13(14)16-11/h7-8,10,12H,3-6,9,15H2,1-2H3. The average molecular weight is 304 g/mol. The molecule has 0 saturated heterocycles. The summed E-state index contributed by atoms with van der Waals surface area (Å²) >= 11 is 5.30. The molecule has 0 spiro atoms. The molecular weight excluding hydrogens is 282 g/mol. The highest BCUT2D eigenvalue weighted by atomic mass is 79.9. The first-order valence-corrected chi connectivity index (χ1v) is 7.78. The molecule has 2 atom stereocenters. The summed E-state index contributed by atoms with van der Waals surface area (Å²) in [5.41, 5.74) is 6.30. The first-order valence-electron chi connectivity index (χ1n) is 6.17. The molecule has 1 nitrogen and oxygen atoms in total. The Hall–Kier alpha value is 0.140. The van der Waals surface area contributed by atoms with Crippen LogP contribution in [-0.2, 0) is 6.42 Å². The number of hydrogen-bond donors (Lipinski definition) is 1. The van der Waals surface area contributed by atoms with Crippen LogP contribution >= 0.6 is 27.3 Å². The van der Waals surface area contributed by atoms with Crippen LogP contribution in [0.3, 0.4) is 0 Å². The molecule has 2 unspecified atom stereocenters. The number of halogens is 1. The van der Waals surface area contributed by atoms with Crippen LogP contribution in [0.25, 0.3) is 0 Å². The summed E-state index contributed by atoms with van der Waals surface area (Å²) in [5.74, 6) is 0.681. The maximum Gasteiger partial charge on any atom is 0.0701 e. The van der Waals surface area contributed by atoms with Gasteiger partial charge in [-0.05, 0) is 46.8 Å². The molecule has 2 N–H and O–H groups in total. The molecule has 0 bridgehead atoms. The summed E-state index contributed by atoms with van der Waals surface area (Å²) in [6.45, 7) is 4.50. The molecule has 1 aromatic rings. The van der Waals surface area contributed by atoms with E-state index in [1.165, 1.54) is 34.3 Å². The van der Waals surface area contributed by atoms with E-state index in [9.17, 15) is 0 Å². The van der Waals surface area contributed by atoms with Crippen LogP contribution in [0.5, 0.6) is 0 Å². The zero-order chi connectivity index (χ0) is 12.0. The molecule has 0 radical (unpaired) electrons. The Labute approximate surface area is 112 Å². The third-order valence-electron chi connectivity index (χ3n) is 3.12. The molecular formula is C13H22BrNS. The minimum absolute atomic E-state index is 0.321. The molecule has 1 heterocycles. The number of rotatable bonds is 7. The highest BCUT2D eigenvalue weighted by Crippen LogP contribution is 2.25. The van der Waals surface area contributed by atoms with Gasteiger partial charge in [0.25, 0.3) is 0 Å². The van der Waals surface area contributed by atoms with E-state index in [0.717, 1.165) is 6.42 Å². The summed E-state index contributed by atoms with van der Waals surface area (Å²) in [6, 6.07) is 4.61. The summed E-state index contributed by atoms with van der Waals surface area (Å²) in [6.07, 6.45) is 6.08. The predicted octanol–water partition coefficient (Wildman–Crippen LogP) is 4.60. The number of nitrogens with two attached hydrogens (primary N) is 1. The second-order valence-corrected chi connectivity index (χ2v) is 6.93. The molecule has 16 heavy (non-hydrogen) atoms. The zero-order valence-electron chi connectivity index (χ0n) is 10.2. The maximum atomic E-state index is 6.30. The molecule has 1 aromatic heterocycles. The average Bonchev–Trinajstić information content (AvgIpc) is 2.65. The first-order chi connectivity index (χ1) is 7.67. The van der Waals surface area contributed by atoms with Crippen molar-refractivity contribution in [2.45, 2.75) is 52.0 Å². The van der Waals surface area contributed by atoms with Crippen molar-refractivity contribution in [3.8, 4) is 0 Å². The molecule has 0 fully saturated rings. The molecule has 0 aromatic carbocycles. The van der Waals surface area contributed by atoms with Gasteiger partial charge in [0.1, 0.15) is 0 Å². The van der Waals surface area contributed by atoms with Gasteiger partial charge in [0, 0.05) is 10.9 Å². The van der Waals surface area contributed by atoms with Gasteiger partial charge in [-0.25, -0.2) is 0 Å². The molecule has 0 saturated carbocycles. The molecule has 0 aliphatic rings. The van der Waals surface area contributed by atoms with E-state index in [2.05, 4.69) is 41.9 Å². The number of thiophene rings is 1. The molecule has 0 amide bonds. The van der Waals surface area contributed by atoms with E-state index >= 15 is 0 Å². The van der Waals surface area contributed by atoms with Crippen LogP contribution in [-0.4, -0.2) is 6.04 Å². The summed E-state index contributed by atoms with van der Waals surface area (Å²) in [7, 11) is 0. The van der Waals surface area contributed by atoms with Crippen LogP contribution in [0.2, 0.25) is 0 Å². The van der Waals surface area contributed by atoms with Crippen molar-refractivity contribution in [3.63, 3.8) is 0 Å². The highest BCUT2D eigenvalue weighted by Gasteiger charge is 2.16. The highest BCUT2D eigenvalue weighted by molar-refractivity contribution is 9.11. The van der Waals surface area contributed by atoms with E-state index in [4.69, 9.17) is 5.73 Å². The minimum Gasteiger partial charge on any atom is -0.327 e. The molecule has 3 heteroatoms. The number of hydrogen-bond acceptors (Lipinski definition) is 2. The lowest BCUT2D eigenvalue weighted by atomic mass is 9.90. The third-order valence-corrected chi connectivity index (χ3v) is 4.77. The van der Waals surface area contributed by atoms with Gasteiger partial charge in [0.15, 0.2) is 0 Å². The zero-order valence-corrected chi connectivity index (χ0v) is 12.6. The Morgan fingerprint density at radius 1 is 1.38 bits per heavy atom. The first kappa shape index (κ1) is 14.2. The lowest BCUT2D eigenvalue weighted by Crippen LogP contribution is -2.31. The van der Waals surface area contributed by atoms with E-state index in [0.29, 0.717) is 12.0 Å². The molecule has 0 aliphatic heterocycles. The van der Waals surface area contributed by atoms with Gasteiger partial charge in [-0.2, -0.15) is 0 Å². The predicted molar refractivity (Wildman–Crippen MR) is 77.0 cm³/mol. The minimum atomic E-state index is 0.321. The van der Waals surface area contributed by atoms with Crippen molar-refractivity contribution in [3.05, 3.63) is 20.8 Å². The van der Waals surface area contributed by atoms with E-state index in [-0.39, 0.29) is 0 Å². The van der Waals surface area contributed by atoms with Gasteiger partial charge in [-0.1, -0.05) is 33.1 Å². The molecule has 92 valence electrons. The summed E-state index contributed by atoms with van der Waals surface area (Å²) in [5, 5.41) is 0. The van der Waals surface area contributed by atoms with Crippen molar-refractivity contribution in [1.82, 2.24) is 0 Å². The summed E-state index contributed by atoms with van der Waals surface area (Å²) in [4.78, 5) is 1.40. The van der Waals surface area contributed by atoms with Gasteiger partial charge < -0.3 is 5.73 Å². The Morgan fingerprint density at radius 2 is 2.12 bits per heavy atom. The Balaban J connectivity index is 2.45. The smallest absolute Gasteiger partial charge is 0.0701 e. The largest absolute Gasteiger partial charge is 0.327 e. The number of unbranched alkanes of at least 4 members (excludes halogenated alkanes) is 1. The second-order valence-electron chi connectivity index (χ2n) is 4.38. The van der Waals surface area contributed by atoms with Crippen LogP contribution in [0.1, 0.15) is 44.4 Å². The van der Waals surface area contributed by atoms with Crippen molar-refractivity contribution >= 4 is 27.3 Å². The van der Waals surface area contributed by atoms with Crippen molar-refractivity contribution in [2.24, 2.45) is 11.7 Å². The quantitative estimate of drug-likeness (QED) is 0.783. The van der Waals surface area contributed by atoms with Gasteiger partial charge in [0.05, 0.1) is 3.79 Å². The van der Waals surface area contributed by atoms with E-state index < -0.39 is 0 Å². The van der Waals surface area contributed by atoms with Crippen LogP contribution < -0.4 is 5.73 Å². The molecule has 0 aliphatic carbocycles. The lowest BCUT2D eigenvalue weighted by Gasteiger charge is -2.21. The fourth-order valence-corrected chi connectivity index (χ4v) is 3.60. The SMILES string of the molecule is CCCCC(CC)C(N)Cc1ccc(Br)s1. The summed E-state index contributed by atoms with van der Waals surface area (Å²) < 4.78 is 1.20. The normalized spacial score (nSPS) is 15.0. The molecule has 1 rings (SSSR count). The Kier molecular flexibility index (Phi) is 6.62. The van der Waals surface area contributed by atoms with Gasteiger partial charge in [-0.15, -0.1) is 11.3 Å². The monoisotopic (exact) mass is 303 g/mol. The van der Waals surface area contributed by atoms with Gasteiger partial charge in [0.2, 0.25) is 0 Å². The van der Waals surface area contributed by atoms with Crippen molar-refractivity contribution in [2.75, 3.05) is 0 Å². The van der Waals surface area contributed by atoms with Crippen molar-refractivity contribution < 1.29 is 0 Å². The van der Waals surface area contributed by atoms with Crippen molar-refractivity contribution in [1.29, 1.82) is 0 Å². The van der Waals surface area contributed by atoms with Gasteiger partial charge in [-0.3, -0.25) is 0 Å². The Bertz CT molecular complexity index is 298. The fraction of sp³-hybridized carbons (Fsp3) is 0.692. The van der Waals surface area contributed by atoms with Crippen LogP contribution in [0.15, 0.2) is 15.9 Å². The topological polar surface area (TPSA) is 26.0 Å². The lowest BCUT2D eigenvalue weighted by molar-refractivity contribution is 0.370. The van der Waals surface area contributed by atoms with Crippen LogP contribution in [0.4, 0.5) is 0 Å². The fourth-order valence-electron chi connectivity index (χ4n) is 2.05. The van der Waals surface area contributed by atoms with Crippen LogP contribution in [0, 0.1) is 5.92 Å². The van der Waals surface area contributed by atoms with E-state index in [1.54, 1.807) is 11.3 Å². The maximum absolute atomic E-state index is 6.30. The third kappa shape index (κ3) is 4.56. The Morgan fingerprint density at radius 3 is 2.62 bits per heavy atom. The van der Waals surface area contributed by atoms with E-state index in [1.807, 2.05) is 0 Å². The second kappa shape index (κ2) is 7.46. The van der Waals surface area contributed by atoms with Gasteiger partial charge >= 0.3 is 0 Å².